The molecule has 16 heavy (non-hydrogen) atoms. The van der Waals surface area contributed by atoms with Gasteiger partial charge >= 0.3 is 0 Å². The molecule has 2 rings (SSSR count). The van der Waals surface area contributed by atoms with Gasteiger partial charge in [0.05, 0.1) is 16.3 Å². The van der Waals surface area contributed by atoms with Crippen LogP contribution in [0.1, 0.15) is 6.92 Å². The van der Waals surface area contributed by atoms with Crippen molar-refractivity contribution in [1.82, 2.24) is 4.98 Å². The molecule has 1 amide bonds. The quantitative estimate of drug-likeness (QED) is 0.865. The van der Waals surface area contributed by atoms with Crippen LogP contribution in [0.5, 0.6) is 0 Å². The van der Waals surface area contributed by atoms with E-state index in [4.69, 9.17) is 17.3 Å². The zero-order chi connectivity index (χ0) is 11.7. The highest BCUT2D eigenvalue weighted by atomic mass is 35.5. The molecule has 0 saturated heterocycles. The molecular weight excluding hydrogens is 246 g/mol. The standard InChI is InChI=1S/C10H10ClN3OS/c1-5(12)9(15)14-10-13-7-3-2-6(11)4-8(7)16-10/h2-5H,12H2,1H3,(H,13,14,15)/t5-/m0/s1. The number of amides is 1. The fourth-order valence-corrected chi connectivity index (χ4v) is 2.32. The summed E-state index contributed by atoms with van der Waals surface area (Å²) >= 11 is 7.23. The summed E-state index contributed by atoms with van der Waals surface area (Å²) in [5, 5.41) is 3.85. The number of fused-ring (bicyclic) bond motifs is 1. The number of nitrogens with two attached hydrogens (primary N) is 1. The van der Waals surface area contributed by atoms with E-state index in [1.54, 1.807) is 13.0 Å². The fraction of sp³-hybridized carbons (Fsp3) is 0.200. The maximum absolute atomic E-state index is 11.4. The van der Waals surface area contributed by atoms with Gasteiger partial charge in [0.1, 0.15) is 0 Å². The number of aromatic nitrogens is 1. The lowest BCUT2D eigenvalue weighted by Gasteiger charge is -2.02. The van der Waals surface area contributed by atoms with Crippen LogP contribution in [-0.4, -0.2) is 16.9 Å². The summed E-state index contributed by atoms with van der Waals surface area (Å²) in [6.45, 7) is 1.62. The average Bonchev–Trinajstić information content (AvgIpc) is 2.58. The van der Waals surface area contributed by atoms with Crippen molar-refractivity contribution in [3.05, 3.63) is 23.2 Å². The molecule has 0 spiro atoms. The number of nitrogens with zero attached hydrogens (tertiary/aromatic N) is 1. The minimum Gasteiger partial charge on any atom is -0.320 e. The van der Waals surface area contributed by atoms with Gasteiger partial charge in [-0.2, -0.15) is 0 Å². The fourth-order valence-electron chi connectivity index (χ4n) is 1.17. The average molecular weight is 256 g/mol. The number of hydrogen-bond acceptors (Lipinski definition) is 4. The van der Waals surface area contributed by atoms with Crippen LogP contribution in [0, 0.1) is 0 Å². The van der Waals surface area contributed by atoms with Gasteiger partial charge in [-0.3, -0.25) is 4.79 Å². The van der Waals surface area contributed by atoms with Crippen LogP contribution < -0.4 is 11.1 Å². The first kappa shape index (κ1) is 11.3. The van der Waals surface area contributed by atoms with Crippen LogP contribution in [0.3, 0.4) is 0 Å². The largest absolute Gasteiger partial charge is 0.320 e. The van der Waals surface area contributed by atoms with Crippen LogP contribution in [0.2, 0.25) is 5.02 Å². The van der Waals surface area contributed by atoms with Gasteiger partial charge in [0, 0.05) is 5.02 Å². The van der Waals surface area contributed by atoms with E-state index >= 15 is 0 Å². The predicted octanol–water partition coefficient (Wildman–Crippen LogP) is 2.24. The first-order chi connectivity index (χ1) is 7.56. The van der Waals surface area contributed by atoms with E-state index in [1.165, 1.54) is 11.3 Å². The first-order valence-electron chi connectivity index (χ1n) is 4.69. The van der Waals surface area contributed by atoms with Crippen LogP contribution >= 0.6 is 22.9 Å². The Morgan fingerprint density at radius 3 is 3.06 bits per heavy atom. The Labute approximate surface area is 101 Å². The van der Waals surface area contributed by atoms with Gasteiger partial charge in [-0.05, 0) is 25.1 Å². The summed E-state index contributed by atoms with van der Waals surface area (Å²) in [6.07, 6.45) is 0. The second kappa shape index (κ2) is 4.37. The molecule has 0 aliphatic heterocycles. The third-order valence-corrected chi connectivity index (χ3v) is 3.16. The Bertz CT molecular complexity index is 538. The summed E-state index contributed by atoms with van der Waals surface area (Å²) in [5.74, 6) is -0.245. The minimum absolute atomic E-state index is 0.245. The lowest BCUT2D eigenvalue weighted by molar-refractivity contribution is -0.117. The van der Waals surface area contributed by atoms with Gasteiger partial charge < -0.3 is 11.1 Å². The van der Waals surface area contributed by atoms with E-state index in [9.17, 15) is 4.79 Å². The lowest BCUT2D eigenvalue weighted by atomic mass is 10.3. The molecular formula is C10H10ClN3OS. The molecule has 84 valence electrons. The molecule has 1 heterocycles. The summed E-state index contributed by atoms with van der Waals surface area (Å²) in [4.78, 5) is 15.6. The van der Waals surface area contributed by atoms with E-state index in [2.05, 4.69) is 10.3 Å². The van der Waals surface area contributed by atoms with Crippen molar-refractivity contribution in [2.75, 3.05) is 5.32 Å². The molecule has 0 radical (unpaired) electrons. The van der Waals surface area contributed by atoms with E-state index in [0.29, 0.717) is 10.2 Å². The molecule has 1 aromatic carbocycles. The van der Waals surface area contributed by atoms with E-state index in [-0.39, 0.29) is 5.91 Å². The van der Waals surface area contributed by atoms with Crippen molar-refractivity contribution in [2.45, 2.75) is 13.0 Å². The highest BCUT2D eigenvalue weighted by Crippen LogP contribution is 2.28. The first-order valence-corrected chi connectivity index (χ1v) is 5.88. The Balaban J connectivity index is 2.29. The lowest BCUT2D eigenvalue weighted by Crippen LogP contribution is -2.32. The van der Waals surface area contributed by atoms with E-state index < -0.39 is 6.04 Å². The number of thiazole rings is 1. The highest BCUT2D eigenvalue weighted by molar-refractivity contribution is 7.22. The SMILES string of the molecule is C[C@H](N)C(=O)Nc1nc2ccc(Cl)cc2s1. The number of hydrogen-bond donors (Lipinski definition) is 2. The number of carbonyl (C=O) groups excluding carboxylic acids is 1. The van der Waals surface area contributed by atoms with Crippen LogP contribution in [-0.2, 0) is 4.79 Å². The Hall–Kier alpha value is -1.17. The summed E-state index contributed by atoms with van der Waals surface area (Å²) in [7, 11) is 0. The number of halogens is 1. The number of carbonyl (C=O) groups is 1. The van der Waals surface area contributed by atoms with Gasteiger partial charge in [0.2, 0.25) is 5.91 Å². The van der Waals surface area contributed by atoms with Gasteiger partial charge in [-0.25, -0.2) is 4.98 Å². The molecule has 3 N–H and O–H groups in total. The van der Waals surface area contributed by atoms with E-state index in [1.807, 2.05) is 12.1 Å². The van der Waals surface area contributed by atoms with Gasteiger partial charge in [0.25, 0.3) is 0 Å². The number of rotatable bonds is 2. The molecule has 0 saturated carbocycles. The molecule has 0 aliphatic rings. The second-order valence-electron chi connectivity index (χ2n) is 3.41. The Morgan fingerprint density at radius 2 is 2.38 bits per heavy atom. The maximum atomic E-state index is 11.4. The summed E-state index contributed by atoms with van der Waals surface area (Å²) in [5.41, 5.74) is 6.26. The zero-order valence-corrected chi connectivity index (χ0v) is 10.1. The molecule has 0 fully saturated rings. The molecule has 1 aromatic heterocycles. The molecule has 1 atom stereocenters. The van der Waals surface area contributed by atoms with Crippen molar-refractivity contribution in [3.63, 3.8) is 0 Å². The van der Waals surface area contributed by atoms with Crippen molar-refractivity contribution in [2.24, 2.45) is 5.73 Å². The van der Waals surface area contributed by atoms with Crippen LogP contribution in [0.25, 0.3) is 10.2 Å². The van der Waals surface area contributed by atoms with Crippen molar-refractivity contribution >= 4 is 44.2 Å². The monoisotopic (exact) mass is 255 g/mol. The molecule has 0 aliphatic carbocycles. The third kappa shape index (κ3) is 2.32. The Kier molecular flexibility index (Phi) is 3.09. The van der Waals surface area contributed by atoms with Crippen LogP contribution in [0.4, 0.5) is 5.13 Å². The molecule has 2 aromatic rings. The smallest absolute Gasteiger partial charge is 0.242 e. The molecule has 6 heteroatoms. The third-order valence-electron chi connectivity index (χ3n) is 1.99. The number of nitrogens with one attached hydrogen (secondary N) is 1. The Morgan fingerprint density at radius 1 is 1.62 bits per heavy atom. The van der Waals surface area contributed by atoms with Crippen molar-refractivity contribution < 1.29 is 4.79 Å². The summed E-state index contributed by atoms with van der Waals surface area (Å²) in [6, 6.07) is 4.85. The molecule has 0 bridgehead atoms. The topological polar surface area (TPSA) is 68.0 Å². The molecule has 4 nitrogen and oxygen atoms in total. The second-order valence-corrected chi connectivity index (χ2v) is 4.88. The zero-order valence-electron chi connectivity index (χ0n) is 8.53. The number of benzene rings is 1. The normalized spacial score (nSPS) is 12.7. The van der Waals surface area contributed by atoms with Gasteiger partial charge in [-0.15, -0.1) is 0 Å². The van der Waals surface area contributed by atoms with Crippen molar-refractivity contribution in [1.29, 1.82) is 0 Å². The highest BCUT2D eigenvalue weighted by Gasteiger charge is 2.10. The van der Waals surface area contributed by atoms with Crippen molar-refractivity contribution in [3.8, 4) is 0 Å². The predicted molar refractivity (Wildman–Crippen MR) is 66.9 cm³/mol. The maximum Gasteiger partial charge on any atom is 0.242 e. The molecule has 0 unspecified atom stereocenters. The van der Waals surface area contributed by atoms with E-state index in [0.717, 1.165) is 10.2 Å². The summed E-state index contributed by atoms with van der Waals surface area (Å²) < 4.78 is 0.937. The minimum atomic E-state index is -0.546. The number of anilines is 1. The van der Waals surface area contributed by atoms with Gasteiger partial charge in [0.15, 0.2) is 5.13 Å². The van der Waals surface area contributed by atoms with Gasteiger partial charge in [-0.1, -0.05) is 22.9 Å². The van der Waals surface area contributed by atoms with Crippen LogP contribution in [0.15, 0.2) is 18.2 Å².